The summed E-state index contributed by atoms with van der Waals surface area (Å²) in [4.78, 5) is 28.7. The van der Waals surface area contributed by atoms with Crippen LogP contribution in [0.3, 0.4) is 0 Å². The van der Waals surface area contributed by atoms with E-state index in [0.29, 0.717) is 11.3 Å². The van der Waals surface area contributed by atoms with Crippen LogP contribution in [0.4, 0.5) is 14.9 Å². The third-order valence-corrected chi connectivity index (χ3v) is 4.74. The first-order valence-corrected chi connectivity index (χ1v) is 8.88. The van der Waals surface area contributed by atoms with Gasteiger partial charge in [-0.2, -0.15) is 0 Å². The molecule has 7 nitrogen and oxygen atoms in total. The summed E-state index contributed by atoms with van der Waals surface area (Å²) < 4.78 is 22.0. The molecule has 8 heteroatoms. The first kappa shape index (κ1) is 18.0. The lowest BCUT2D eigenvalue weighted by Crippen LogP contribution is -2.33. The molecule has 0 radical (unpaired) electrons. The van der Waals surface area contributed by atoms with Crippen molar-refractivity contribution in [3.8, 4) is 11.1 Å². The number of fused-ring (bicyclic) bond motifs is 1. The molecule has 1 aromatic carbocycles. The Morgan fingerprint density at radius 2 is 2.18 bits per heavy atom. The molecule has 28 heavy (non-hydrogen) atoms. The Kier molecular flexibility index (Phi) is 4.46. The van der Waals surface area contributed by atoms with E-state index in [0.717, 1.165) is 16.8 Å². The third-order valence-electron chi connectivity index (χ3n) is 4.74. The summed E-state index contributed by atoms with van der Waals surface area (Å²) in [5.41, 5.74) is 3.31. The monoisotopic (exact) mass is 382 g/mol. The van der Waals surface area contributed by atoms with Gasteiger partial charge < -0.3 is 14.5 Å². The Morgan fingerprint density at radius 1 is 1.36 bits per heavy atom. The highest BCUT2D eigenvalue weighted by Crippen LogP contribution is 2.31. The molecular weight excluding hydrogens is 363 g/mol. The lowest BCUT2D eigenvalue weighted by atomic mass is 10.0. The van der Waals surface area contributed by atoms with Crippen molar-refractivity contribution in [2.45, 2.75) is 20.0 Å². The lowest BCUT2D eigenvalue weighted by Gasteiger charge is -2.15. The predicted molar refractivity (Wildman–Crippen MR) is 102 cm³/mol. The molecule has 0 unspecified atom stereocenters. The number of anilines is 1. The number of aromatic nitrogens is 2. The summed E-state index contributed by atoms with van der Waals surface area (Å²) in [5.74, 6) is -0.631. The van der Waals surface area contributed by atoms with Gasteiger partial charge in [-0.1, -0.05) is 0 Å². The number of pyridine rings is 1. The molecule has 0 spiro atoms. The minimum Gasteiger partial charge on any atom is -0.442 e. The average molecular weight is 382 g/mol. The zero-order valence-corrected chi connectivity index (χ0v) is 15.5. The molecule has 0 bridgehead atoms. The highest BCUT2D eigenvalue weighted by atomic mass is 19.1. The number of benzene rings is 1. The molecule has 2 amide bonds. The van der Waals surface area contributed by atoms with E-state index in [1.165, 1.54) is 17.9 Å². The first-order valence-electron chi connectivity index (χ1n) is 8.88. The molecular formula is C20H19FN4O3. The number of hydrogen-bond donors (Lipinski definition) is 1. The molecule has 3 heterocycles. The second kappa shape index (κ2) is 6.95. The largest absolute Gasteiger partial charge is 0.442 e. The number of aryl methyl sites for hydroxylation is 1. The van der Waals surface area contributed by atoms with Gasteiger partial charge in [0.1, 0.15) is 17.6 Å². The molecule has 1 saturated heterocycles. The molecule has 1 N–H and O–H groups in total. The van der Waals surface area contributed by atoms with Crippen molar-refractivity contribution in [1.82, 2.24) is 14.7 Å². The van der Waals surface area contributed by atoms with E-state index >= 15 is 0 Å². The number of halogens is 1. The van der Waals surface area contributed by atoms with Crippen molar-refractivity contribution in [3.63, 3.8) is 0 Å². The Labute approximate surface area is 160 Å². The molecule has 1 aliphatic heterocycles. The van der Waals surface area contributed by atoms with Crippen molar-refractivity contribution in [1.29, 1.82) is 0 Å². The van der Waals surface area contributed by atoms with Gasteiger partial charge in [-0.15, -0.1) is 0 Å². The quantitative estimate of drug-likeness (QED) is 0.753. The summed E-state index contributed by atoms with van der Waals surface area (Å²) in [7, 11) is 0. The fourth-order valence-corrected chi connectivity index (χ4v) is 3.33. The highest BCUT2D eigenvalue weighted by Gasteiger charge is 2.32. The molecule has 3 aromatic rings. The lowest BCUT2D eigenvalue weighted by molar-refractivity contribution is -0.119. The van der Waals surface area contributed by atoms with Gasteiger partial charge >= 0.3 is 6.09 Å². The van der Waals surface area contributed by atoms with E-state index in [1.54, 1.807) is 24.5 Å². The van der Waals surface area contributed by atoms with Crippen molar-refractivity contribution in [2.24, 2.45) is 0 Å². The van der Waals surface area contributed by atoms with Crippen LogP contribution in [-0.2, 0) is 9.53 Å². The molecule has 4 rings (SSSR count). The number of amides is 2. The standard InChI is InChI=1S/C20H19FN4O3/c1-12-7-19-22-5-6-24(19)11-17(12)16-4-3-14(8-18(16)21)25-10-15(28-20(25)27)9-23-13(2)26/h3-8,11,15H,9-10H2,1-2H3,(H,23,26)/t15-/m0/s1. The van der Waals surface area contributed by atoms with Crippen LogP contribution in [0.1, 0.15) is 12.5 Å². The number of hydrogen-bond acceptors (Lipinski definition) is 4. The second-order valence-corrected chi connectivity index (χ2v) is 6.78. The number of nitrogens with one attached hydrogen (secondary N) is 1. The minimum absolute atomic E-state index is 0.199. The van der Waals surface area contributed by atoms with Crippen LogP contribution in [0.25, 0.3) is 16.8 Å². The summed E-state index contributed by atoms with van der Waals surface area (Å²) in [6, 6.07) is 6.57. The van der Waals surface area contributed by atoms with Crippen molar-refractivity contribution in [2.75, 3.05) is 18.0 Å². The van der Waals surface area contributed by atoms with E-state index in [4.69, 9.17) is 4.74 Å². The van der Waals surface area contributed by atoms with Crippen LogP contribution in [-0.4, -0.2) is 40.6 Å². The Morgan fingerprint density at radius 3 is 2.93 bits per heavy atom. The molecule has 1 atom stereocenters. The number of imidazole rings is 1. The second-order valence-electron chi connectivity index (χ2n) is 6.78. The van der Waals surface area contributed by atoms with Gasteiger partial charge in [0.15, 0.2) is 0 Å². The maximum absolute atomic E-state index is 14.9. The summed E-state index contributed by atoms with van der Waals surface area (Å²) >= 11 is 0. The maximum atomic E-state index is 14.9. The Hall–Kier alpha value is -3.42. The Bertz CT molecular complexity index is 1080. The number of carbonyl (C=O) groups is 2. The predicted octanol–water partition coefficient (Wildman–Crippen LogP) is 2.91. The molecule has 0 saturated carbocycles. The van der Waals surface area contributed by atoms with Crippen LogP contribution in [0.5, 0.6) is 0 Å². The number of carbonyl (C=O) groups excluding carboxylic acids is 2. The molecule has 2 aromatic heterocycles. The van der Waals surface area contributed by atoms with E-state index in [9.17, 15) is 14.0 Å². The van der Waals surface area contributed by atoms with Gasteiger partial charge in [0, 0.05) is 36.6 Å². The van der Waals surface area contributed by atoms with E-state index < -0.39 is 18.0 Å². The minimum atomic E-state index is -0.557. The van der Waals surface area contributed by atoms with Gasteiger partial charge in [-0.05, 0) is 36.8 Å². The zero-order chi connectivity index (χ0) is 19.8. The summed E-state index contributed by atoms with van der Waals surface area (Å²) in [5, 5.41) is 2.62. The number of ether oxygens (including phenoxy) is 1. The molecule has 1 aliphatic rings. The topological polar surface area (TPSA) is 75.9 Å². The van der Waals surface area contributed by atoms with E-state index in [2.05, 4.69) is 10.3 Å². The van der Waals surface area contributed by atoms with E-state index in [1.807, 2.05) is 23.6 Å². The number of rotatable bonds is 4. The van der Waals surface area contributed by atoms with E-state index in [-0.39, 0.29) is 19.0 Å². The van der Waals surface area contributed by atoms with Crippen LogP contribution in [0, 0.1) is 12.7 Å². The smallest absolute Gasteiger partial charge is 0.414 e. The normalized spacial score (nSPS) is 16.5. The number of cyclic esters (lactones) is 1. The van der Waals surface area contributed by atoms with Gasteiger partial charge in [-0.3, -0.25) is 9.69 Å². The molecule has 1 fully saturated rings. The van der Waals surface area contributed by atoms with Gasteiger partial charge in [0.2, 0.25) is 5.91 Å². The van der Waals surface area contributed by atoms with Crippen molar-refractivity contribution >= 4 is 23.3 Å². The van der Waals surface area contributed by atoms with Crippen LogP contribution >= 0.6 is 0 Å². The Balaban J connectivity index is 1.60. The van der Waals surface area contributed by atoms with Crippen molar-refractivity contribution < 1.29 is 18.7 Å². The van der Waals surface area contributed by atoms with Crippen LogP contribution in [0.2, 0.25) is 0 Å². The molecule has 0 aliphatic carbocycles. The SMILES string of the molecule is CC(=O)NC[C@H]1CN(c2ccc(-c3cn4ccnc4cc3C)c(F)c2)C(=O)O1. The number of nitrogens with zero attached hydrogens (tertiary/aromatic N) is 3. The molecule has 144 valence electrons. The first-order chi connectivity index (χ1) is 13.4. The fourth-order valence-electron chi connectivity index (χ4n) is 3.33. The van der Waals surface area contributed by atoms with Crippen LogP contribution < -0.4 is 10.2 Å². The van der Waals surface area contributed by atoms with Gasteiger partial charge in [0.05, 0.1) is 18.8 Å². The third kappa shape index (κ3) is 3.28. The van der Waals surface area contributed by atoms with Crippen molar-refractivity contribution in [3.05, 3.63) is 54.2 Å². The van der Waals surface area contributed by atoms with Gasteiger partial charge in [0.25, 0.3) is 0 Å². The average Bonchev–Trinajstić information content (AvgIpc) is 3.25. The summed E-state index contributed by atoms with van der Waals surface area (Å²) in [6.45, 7) is 3.77. The van der Waals surface area contributed by atoms with Gasteiger partial charge in [-0.25, -0.2) is 14.2 Å². The highest BCUT2D eigenvalue weighted by molar-refractivity contribution is 5.90. The summed E-state index contributed by atoms with van der Waals surface area (Å²) in [6.07, 6.45) is 4.31. The van der Waals surface area contributed by atoms with Crippen LogP contribution in [0.15, 0.2) is 42.9 Å². The maximum Gasteiger partial charge on any atom is 0.414 e. The zero-order valence-electron chi connectivity index (χ0n) is 15.5. The fraction of sp³-hybridized carbons (Fsp3) is 0.250.